The maximum atomic E-state index is 13.2. The Kier molecular flexibility index (Phi) is 6.21. The third-order valence-electron chi connectivity index (χ3n) is 5.35. The second-order valence-electron chi connectivity index (χ2n) is 8.38. The van der Waals surface area contributed by atoms with Crippen LogP contribution in [0.3, 0.4) is 0 Å². The van der Waals surface area contributed by atoms with Gasteiger partial charge in [0.1, 0.15) is 11.5 Å². The molecule has 1 amide bonds. The molecule has 9 heteroatoms. The summed E-state index contributed by atoms with van der Waals surface area (Å²) in [5.41, 5.74) is 1.64. The molecule has 1 aliphatic heterocycles. The molecule has 0 spiro atoms. The van der Waals surface area contributed by atoms with E-state index in [4.69, 9.17) is 14.0 Å². The van der Waals surface area contributed by atoms with Crippen molar-refractivity contribution in [3.63, 3.8) is 0 Å². The highest BCUT2D eigenvalue weighted by molar-refractivity contribution is 9.10. The second kappa shape index (κ2) is 8.91. The largest absolute Gasteiger partial charge is 0.414 e. The number of hydrogen-bond donors (Lipinski definition) is 2. The number of carbonyl (C=O) groups excluding carboxylic acids is 2. The molecule has 0 saturated carbocycles. The summed E-state index contributed by atoms with van der Waals surface area (Å²) in [6.07, 6.45) is 2.34. The highest BCUT2D eigenvalue weighted by atomic mass is 79.9. The highest BCUT2D eigenvalue weighted by Crippen LogP contribution is 2.29. The van der Waals surface area contributed by atoms with Crippen molar-refractivity contribution >= 4 is 27.8 Å². The Morgan fingerprint density at radius 1 is 1.28 bits per heavy atom. The van der Waals surface area contributed by atoms with Gasteiger partial charge in [0, 0.05) is 40.5 Å². The van der Waals surface area contributed by atoms with Crippen LogP contribution in [0.25, 0.3) is 11.3 Å². The smallest absolute Gasteiger partial charge is 0.393 e. The van der Waals surface area contributed by atoms with Crippen LogP contribution in [0.2, 0.25) is 0 Å². The van der Waals surface area contributed by atoms with Gasteiger partial charge in [0.2, 0.25) is 11.7 Å². The lowest BCUT2D eigenvalue weighted by Crippen LogP contribution is -2.46. The van der Waals surface area contributed by atoms with Crippen LogP contribution < -0.4 is 10.1 Å². The summed E-state index contributed by atoms with van der Waals surface area (Å²) in [7, 11) is 0. The summed E-state index contributed by atoms with van der Waals surface area (Å²) < 4.78 is 17.2. The lowest BCUT2D eigenvalue weighted by Gasteiger charge is -2.35. The molecular formula is C23H24BrN3O5. The van der Waals surface area contributed by atoms with Gasteiger partial charge in [-0.25, -0.2) is 4.79 Å². The average Bonchev–Trinajstić information content (AvgIpc) is 3.34. The Hall–Kier alpha value is -2.91. The summed E-state index contributed by atoms with van der Waals surface area (Å²) >= 11 is 3.40. The van der Waals surface area contributed by atoms with Crippen molar-refractivity contribution < 1.29 is 23.6 Å². The lowest BCUT2D eigenvalue weighted by atomic mass is 9.94. The standard InChI is InChI=1S/C23H24BrN3O5/c1-13-19(20(27-32-13)14-4-6-16(24)7-5-14)21(28)15-10-18(25-12-15)31-22(29)26-17-8-9-30-23(2,3)11-17/h4-7,10,12,17,25H,8-9,11H2,1-3H3,(H,26,29). The molecule has 4 rings (SSSR count). The van der Waals surface area contributed by atoms with Gasteiger partial charge in [-0.2, -0.15) is 0 Å². The molecule has 0 radical (unpaired) electrons. The first-order chi connectivity index (χ1) is 15.2. The Bertz CT molecular complexity index is 1130. The van der Waals surface area contributed by atoms with E-state index >= 15 is 0 Å². The zero-order valence-corrected chi connectivity index (χ0v) is 19.6. The molecule has 3 heterocycles. The SMILES string of the molecule is Cc1onc(-c2ccc(Br)cc2)c1C(=O)c1c[nH]c(OC(=O)NC2CCOC(C)(C)C2)c1. The van der Waals surface area contributed by atoms with Crippen LogP contribution in [0.4, 0.5) is 4.79 Å². The van der Waals surface area contributed by atoms with Crippen molar-refractivity contribution in [3.05, 3.63) is 57.9 Å². The second-order valence-corrected chi connectivity index (χ2v) is 9.30. The summed E-state index contributed by atoms with van der Waals surface area (Å²) in [5, 5.41) is 6.93. The number of carbonyl (C=O) groups is 2. The van der Waals surface area contributed by atoms with E-state index < -0.39 is 6.09 Å². The first-order valence-electron chi connectivity index (χ1n) is 10.3. The number of aryl methyl sites for hydroxylation is 1. The van der Waals surface area contributed by atoms with Crippen molar-refractivity contribution in [1.82, 2.24) is 15.5 Å². The van der Waals surface area contributed by atoms with Gasteiger partial charge in [-0.05, 0) is 45.7 Å². The van der Waals surface area contributed by atoms with Crippen molar-refractivity contribution in [3.8, 4) is 17.1 Å². The zero-order valence-electron chi connectivity index (χ0n) is 18.0. The molecule has 1 saturated heterocycles. The number of hydrogen-bond acceptors (Lipinski definition) is 6. The van der Waals surface area contributed by atoms with Gasteiger partial charge in [0.15, 0.2) is 0 Å². The van der Waals surface area contributed by atoms with E-state index in [-0.39, 0.29) is 23.3 Å². The Morgan fingerprint density at radius 2 is 2.03 bits per heavy atom. The van der Waals surface area contributed by atoms with Crippen LogP contribution in [0, 0.1) is 6.92 Å². The lowest BCUT2D eigenvalue weighted by molar-refractivity contribution is -0.0616. The number of H-pyrrole nitrogens is 1. The minimum absolute atomic E-state index is 0.0320. The summed E-state index contributed by atoms with van der Waals surface area (Å²) in [6, 6.07) is 8.91. The fourth-order valence-corrected chi connectivity index (χ4v) is 4.07. The maximum Gasteiger partial charge on any atom is 0.414 e. The molecule has 1 aromatic carbocycles. The number of benzene rings is 1. The average molecular weight is 502 g/mol. The monoisotopic (exact) mass is 501 g/mol. The van der Waals surface area contributed by atoms with Gasteiger partial charge in [0.05, 0.1) is 11.2 Å². The number of ether oxygens (including phenoxy) is 2. The number of nitrogens with one attached hydrogen (secondary N) is 2. The first kappa shape index (κ1) is 22.3. The van der Waals surface area contributed by atoms with Crippen LogP contribution in [-0.2, 0) is 4.74 Å². The van der Waals surface area contributed by atoms with Crippen LogP contribution in [0.1, 0.15) is 48.4 Å². The van der Waals surface area contributed by atoms with Crippen LogP contribution in [-0.4, -0.2) is 40.3 Å². The fraction of sp³-hybridized carbons (Fsp3) is 0.348. The van der Waals surface area contributed by atoms with E-state index in [2.05, 4.69) is 31.4 Å². The van der Waals surface area contributed by atoms with Gasteiger partial charge >= 0.3 is 6.09 Å². The Balaban J connectivity index is 1.46. The van der Waals surface area contributed by atoms with Gasteiger partial charge in [0.25, 0.3) is 0 Å². The quantitative estimate of drug-likeness (QED) is 0.475. The molecule has 1 unspecified atom stereocenters. The van der Waals surface area contributed by atoms with Crippen molar-refractivity contribution in [1.29, 1.82) is 0 Å². The molecule has 2 N–H and O–H groups in total. The van der Waals surface area contributed by atoms with Crippen LogP contribution in [0.5, 0.6) is 5.88 Å². The van der Waals surface area contributed by atoms with E-state index in [1.807, 2.05) is 38.1 Å². The molecule has 8 nitrogen and oxygen atoms in total. The summed E-state index contributed by atoms with van der Waals surface area (Å²) in [4.78, 5) is 28.3. The minimum Gasteiger partial charge on any atom is -0.393 e. The molecule has 0 aliphatic carbocycles. The summed E-state index contributed by atoms with van der Waals surface area (Å²) in [6.45, 7) is 6.25. The number of amides is 1. The van der Waals surface area contributed by atoms with Crippen molar-refractivity contribution in [2.24, 2.45) is 0 Å². The molecule has 1 atom stereocenters. The first-order valence-corrected chi connectivity index (χ1v) is 11.1. The maximum absolute atomic E-state index is 13.2. The van der Waals surface area contributed by atoms with E-state index in [0.29, 0.717) is 35.6 Å². The van der Waals surface area contributed by atoms with Gasteiger partial charge in [-0.1, -0.05) is 33.2 Å². The molecular weight excluding hydrogens is 478 g/mol. The molecule has 1 aliphatic rings. The van der Waals surface area contributed by atoms with Crippen LogP contribution >= 0.6 is 15.9 Å². The number of aromatic amines is 1. The van der Waals surface area contributed by atoms with Gasteiger partial charge < -0.3 is 24.3 Å². The van der Waals surface area contributed by atoms with Gasteiger partial charge in [-0.3, -0.25) is 4.79 Å². The van der Waals surface area contributed by atoms with E-state index in [1.54, 1.807) is 6.92 Å². The highest BCUT2D eigenvalue weighted by Gasteiger charge is 2.30. The topological polar surface area (TPSA) is 106 Å². The summed E-state index contributed by atoms with van der Waals surface area (Å²) in [5.74, 6) is 0.312. The number of aromatic nitrogens is 2. The van der Waals surface area contributed by atoms with Crippen molar-refractivity contribution in [2.75, 3.05) is 6.61 Å². The molecule has 168 valence electrons. The predicted molar refractivity (Wildman–Crippen MR) is 121 cm³/mol. The number of nitrogens with zero attached hydrogens (tertiary/aromatic N) is 1. The molecule has 32 heavy (non-hydrogen) atoms. The molecule has 1 fully saturated rings. The molecule has 2 aromatic heterocycles. The predicted octanol–water partition coefficient (Wildman–Crippen LogP) is 5.02. The molecule has 0 bridgehead atoms. The van der Waals surface area contributed by atoms with Crippen LogP contribution in [0.15, 0.2) is 45.5 Å². The fourth-order valence-electron chi connectivity index (χ4n) is 3.80. The Labute approximate surface area is 193 Å². The normalized spacial score (nSPS) is 17.7. The third-order valence-corrected chi connectivity index (χ3v) is 5.88. The number of ketones is 1. The van der Waals surface area contributed by atoms with E-state index in [0.717, 1.165) is 16.5 Å². The third kappa shape index (κ3) is 4.94. The zero-order chi connectivity index (χ0) is 22.9. The van der Waals surface area contributed by atoms with Gasteiger partial charge in [-0.15, -0.1) is 0 Å². The molecule has 3 aromatic rings. The number of rotatable bonds is 5. The van der Waals surface area contributed by atoms with E-state index in [9.17, 15) is 9.59 Å². The van der Waals surface area contributed by atoms with Crippen molar-refractivity contribution in [2.45, 2.75) is 45.3 Å². The minimum atomic E-state index is -0.578. The Morgan fingerprint density at radius 3 is 2.75 bits per heavy atom. The van der Waals surface area contributed by atoms with E-state index in [1.165, 1.54) is 12.3 Å². The number of halogens is 1.